The molecule has 12 nitrogen and oxygen atoms in total. The van der Waals surface area contributed by atoms with Gasteiger partial charge in [0.1, 0.15) is 29.9 Å². The lowest BCUT2D eigenvalue weighted by Gasteiger charge is -2.27. The molecule has 0 saturated carbocycles. The number of hydrogen-bond donors (Lipinski definition) is 1. The number of carboxylic acids is 1. The number of carbonyl (C=O) groups excluding carboxylic acids is 5. The van der Waals surface area contributed by atoms with Crippen molar-refractivity contribution >= 4 is 51.6 Å². The number of likely N-dealkylation sites (tertiary alicyclic amines) is 2. The predicted octanol–water partition coefficient (Wildman–Crippen LogP) is 5.54. The van der Waals surface area contributed by atoms with Crippen molar-refractivity contribution in [3.05, 3.63) is 71.8 Å². The van der Waals surface area contributed by atoms with Crippen LogP contribution in [-0.4, -0.2) is 87.0 Å². The van der Waals surface area contributed by atoms with E-state index in [4.69, 9.17) is 19.3 Å². The highest BCUT2D eigenvalue weighted by Crippen LogP contribution is 2.21. The maximum Gasteiger partial charge on any atom is 0.411 e. The van der Waals surface area contributed by atoms with Crippen LogP contribution in [-0.2, 0) is 45.3 Å². The van der Waals surface area contributed by atoms with Gasteiger partial charge in [0, 0.05) is 18.2 Å². The number of nitrogens with zero attached hydrogens (tertiary/aromatic N) is 2. The monoisotopic (exact) mass is 718 g/mol. The van der Waals surface area contributed by atoms with E-state index in [-0.39, 0.29) is 44.1 Å². The van der Waals surface area contributed by atoms with E-state index in [1.165, 1.54) is 5.56 Å². The molecule has 0 unspecified atom stereocenters. The van der Waals surface area contributed by atoms with Gasteiger partial charge < -0.3 is 19.3 Å². The van der Waals surface area contributed by atoms with Crippen molar-refractivity contribution in [3.8, 4) is 0 Å². The Balaban J connectivity index is 0.000000275. The first-order chi connectivity index (χ1) is 21.9. The summed E-state index contributed by atoms with van der Waals surface area (Å²) in [6.07, 6.45) is -1.61. The van der Waals surface area contributed by atoms with E-state index in [1.807, 2.05) is 48.5 Å². The molecule has 2 atom stereocenters. The Morgan fingerprint density at radius 3 is 1.51 bits per heavy atom. The maximum absolute atomic E-state index is 12.2. The first-order valence-corrected chi connectivity index (χ1v) is 16.1. The second-order valence-corrected chi connectivity index (χ2v) is 13.3. The number of carboxylic acid groups (broad SMARTS) is 1. The SMILES string of the molecule is BrCc1ccccc1.CC(C)(C)OC(=O)N1CC(=O)C[C@H]1C(=O)O.CC(C)(C)OC(=O)N1CC(=O)C[C@H]1C(=O)OCc1ccccc1. The molecule has 2 aromatic carbocycles. The average Bonchev–Trinajstić information content (AvgIpc) is 3.59. The van der Waals surface area contributed by atoms with E-state index in [0.29, 0.717) is 0 Å². The smallest absolute Gasteiger partial charge is 0.411 e. The minimum Gasteiger partial charge on any atom is -0.480 e. The van der Waals surface area contributed by atoms with Crippen molar-refractivity contribution in [2.45, 2.75) is 89.6 Å². The van der Waals surface area contributed by atoms with Crippen molar-refractivity contribution in [1.82, 2.24) is 9.80 Å². The highest BCUT2D eigenvalue weighted by Gasteiger charge is 2.42. The van der Waals surface area contributed by atoms with Gasteiger partial charge in [-0.25, -0.2) is 19.2 Å². The second kappa shape index (κ2) is 17.6. The van der Waals surface area contributed by atoms with Crippen LogP contribution in [0.25, 0.3) is 0 Å². The molecule has 2 saturated heterocycles. The first-order valence-electron chi connectivity index (χ1n) is 15.0. The summed E-state index contributed by atoms with van der Waals surface area (Å²) < 4.78 is 15.5. The number of alkyl halides is 1. The van der Waals surface area contributed by atoms with Gasteiger partial charge in [-0.2, -0.15) is 0 Å². The van der Waals surface area contributed by atoms with Crippen LogP contribution >= 0.6 is 15.9 Å². The Bertz CT molecular complexity index is 1390. The standard InChI is InChI=1S/C17H21NO5.C10H15NO5.C7H7Br/c1-17(2,3)23-16(21)18-10-13(19)9-14(18)15(20)22-11-12-7-5-4-6-8-12;1-10(2,3)16-9(15)11-5-6(12)4-7(11)8(13)14;8-6-7-4-2-1-3-5-7/h4-8,14H,9-11H2,1-3H3;7H,4-5H2,1-3H3,(H,13,14);1-5H,6H2/t14-;7-;/m00./s1. The summed E-state index contributed by atoms with van der Waals surface area (Å²) in [4.78, 5) is 71.7. The van der Waals surface area contributed by atoms with Crippen molar-refractivity contribution in [1.29, 1.82) is 0 Å². The molecule has 0 aromatic heterocycles. The van der Waals surface area contributed by atoms with E-state index < -0.39 is 47.4 Å². The number of Topliss-reactive ketones (excluding diaryl/α,β-unsaturated/α-hetero) is 2. The average molecular weight is 720 g/mol. The highest BCUT2D eigenvalue weighted by molar-refractivity contribution is 9.08. The molecule has 2 aromatic rings. The number of halogens is 1. The Hall–Kier alpha value is -4.26. The van der Waals surface area contributed by atoms with Crippen molar-refractivity contribution in [2.75, 3.05) is 13.1 Å². The Labute approximate surface area is 283 Å². The van der Waals surface area contributed by atoms with Gasteiger partial charge in [0.25, 0.3) is 0 Å². The summed E-state index contributed by atoms with van der Waals surface area (Å²) in [5, 5.41) is 9.80. The van der Waals surface area contributed by atoms with E-state index >= 15 is 0 Å². The number of ether oxygens (including phenoxy) is 3. The molecule has 256 valence electrons. The number of aliphatic carboxylic acids is 1. The zero-order chi connectivity index (χ0) is 35.4. The van der Waals surface area contributed by atoms with Gasteiger partial charge in [-0.15, -0.1) is 0 Å². The van der Waals surface area contributed by atoms with Gasteiger partial charge in [0.05, 0.1) is 13.1 Å². The van der Waals surface area contributed by atoms with Gasteiger partial charge in [-0.3, -0.25) is 19.4 Å². The largest absolute Gasteiger partial charge is 0.480 e. The summed E-state index contributed by atoms with van der Waals surface area (Å²) in [7, 11) is 0. The maximum atomic E-state index is 12.2. The van der Waals surface area contributed by atoms with Gasteiger partial charge in [0.15, 0.2) is 11.6 Å². The van der Waals surface area contributed by atoms with Crippen LogP contribution in [0.4, 0.5) is 9.59 Å². The minimum atomic E-state index is -1.18. The predicted molar refractivity (Wildman–Crippen MR) is 176 cm³/mol. The van der Waals surface area contributed by atoms with E-state index in [1.54, 1.807) is 41.5 Å². The third kappa shape index (κ3) is 14.0. The first kappa shape index (κ1) is 38.9. The summed E-state index contributed by atoms with van der Waals surface area (Å²) in [6.45, 7) is 10.0. The summed E-state index contributed by atoms with van der Waals surface area (Å²) in [6, 6.07) is 17.5. The minimum absolute atomic E-state index is 0.0349. The molecular weight excluding hydrogens is 676 g/mol. The van der Waals surface area contributed by atoms with Crippen LogP contribution in [0.1, 0.15) is 65.5 Å². The number of carbonyl (C=O) groups is 6. The van der Waals surface area contributed by atoms with Gasteiger partial charge in [-0.05, 0) is 52.7 Å². The van der Waals surface area contributed by atoms with Crippen molar-refractivity contribution in [2.24, 2.45) is 0 Å². The van der Waals surface area contributed by atoms with E-state index in [2.05, 4.69) is 28.1 Å². The van der Waals surface area contributed by atoms with Gasteiger partial charge in [0.2, 0.25) is 0 Å². The summed E-state index contributed by atoms with van der Waals surface area (Å²) in [5.74, 6) is -2.22. The van der Waals surface area contributed by atoms with Crippen LogP contribution in [0.5, 0.6) is 0 Å². The molecule has 0 radical (unpaired) electrons. The van der Waals surface area contributed by atoms with E-state index in [9.17, 15) is 28.8 Å². The molecule has 0 spiro atoms. The molecule has 2 amide bonds. The molecule has 2 aliphatic rings. The molecule has 0 bridgehead atoms. The van der Waals surface area contributed by atoms with Crippen LogP contribution in [0, 0.1) is 0 Å². The molecular formula is C34H43BrN2O10. The fraction of sp³-hybridized carbons (Fsp3) is 0.471. The zero-order valence-corrected chi connectivity index (χ0v) is 29.2. The zero-order valence-electron chi connectivity index (χ0n) is 27.6. The summed E-state index contributed by atoms with van der Waals surface area (Å²) >= 11 is 3.36. The second-order valence-electron chi connectivity index (χ2n) is 12.8. The normalized spacial score (nSPS) is 17.5. The lowest BCUT2D eigenvalue weighted by Crippen LogP contribution is -2.44. The third-order valence-corrected chi connectivity index (χ3v) is 6.97. The molecule has 13 heteroatoms. The Morgan fingerprint density at radius 1 is 0.723 bits per heavy atom. The quantitative estimate of drug-likeness (QED) is 0.237. The number of amides is 2. The van der Waals surface area contributed by atoms with Crippen molar-refractivity contribution < 1.29 is 48.1 Å². The number of rotatable bonds is 5. The van der Waals surface area contributed by atoms with Gasteiger partial charge in [-0.1, -0.05) is 76.6 Å². The summed E-state index contributed by atoms with van der Waals surface area (Å²) in [5.41, 5.74) is 0.772. The lowest BCUT2D eigenvalue weighted by molar-refractivity contribution is -0.150. The number of hydrogen-bond acceptors (Lipinski definition) is 9. The lowest BCUT2D eigenvalue weighted by atomic mass is 10.2. The number of ketones is 2. The Kier molecular flexibility index (Phi) is 14.6. The third-order valence-electron chi connectivity index (χ3n) is 6.32. The van der Waals surface area contributed by atoms with Gasteiger partial charge >= 0.3 is 24.1 Å². The molecule has 2 heterocycles. The molecule has 2 aliphatic heterocycles. The van der Waals surface area contributed by atoms with Crippen LogP contribution in [0.2, 0.25) is 0 Å². The number of benzene rings is 2. The van der Waals surface area contributed by atoms with Crippen LogP contribution in [0.3, 0.4) is 0 Å². The fourth-order valence-corrected chi connectivity index (χ4v) is 4.60. The highest BCUT2D eigenvalue weighted by atomic mass is 79.9. The van der Waals surface area contributed by atoms with Crippen LogP contribution in [0.15, 0.2) is 60.7 Å². The molecule has 47 heavy (non-hydrogen) atoms. The molecule has 1 N–H and O–H groups in total. The Morgan fingerprint density at radius 2 is 1.13 bits per heavy atom. The topological polar surface area (TPSA) is 157 Å². The van der Waals surface area contributed by atoms with Crippen molar-refractivity contribution in [3.63, 3.8) is 0 Å². The molecule has 4 rings (SSSR count). The van der Waals surface area contributed by atoms with Crippen LogP contribution < -0.4 is 0 Å². The number of esters is 1. The van der Waals surface area contributed by atoms with E-state index in [0.717, 1.165) is 20.7 Å². The molecule has 2 fully saturated rings. The fourth-order valence-electron chi connectivity index (χ4n) is 4.23. The molecule has 0 aliphatic carbocycles.